The number of likely N-dealkylation sites (N-methyl/N-ethyl adjacent to an activating group) is 2. The molecule has 6 nitrogen and oxygen atoms in total. The van der Waals surface area contributed by atoms with Gasteiger partial charge in [-0.1, -0.05) is 30.4 Å². The molecule has 1 aromatic carbocycles. The molecule has 0 saturated carbocycles. The fraction of sp³-hybridized carbons (Fsp3) is 0.333. The zero-order valence-corrected chi connectivity index (χ0v) is 17.8. The smallest absolute Gasteiger partial charge is 0.236 e. The van der Waals surface area contributed by atoms with Crippen molar-refractivity contribution in [3.8, 4) is 0 Å². The van der Waals surface area contributed by atoms with Gasteiger partial charge >= 0.3 is 0 Å². The quantitative estimate of drug-likeness (QED) is 0.844. The summed E-state index contributed by atoms with van der Waals surface area (Å²) in [5, 5.41) is 4.74. The Balaban J connectivity index is 1.49. The van der Waals surface area contributed by atoms with Crippen LogP contribution in [0.2, 0.25) is 0 Å². The number of benzene rings is 1. The van der Waals surface area contributed by atoms with Crippen molar-refractivity contribution in [3.05, 3.63) is 70.1 Å². The zero-order chi connectivity index (χ0) is 20.8. The van der Waals surface area contributed by atoms with Gasteiger partial charge < -0.3 is 9.80 Å². The molecule has 0 atom stereocenters. The molecule has 1 N–H and O–H groups in total. The molecule has 6 heteroatoms. The molecule has 0 radical (unpaired) electrons. The van der Waals surface area contributed by atoms with Crippen molar-refractivity contribution < 1.29 is 4.79 Å². The van der Waals surface area contributed by atoms with Crippen LogP contribution < -0.4 is 5.43 Å². The molecular weight excluding hydrogens is 374 g/mol. The predicted octanol–water partition coefficient (Wildman–Crippen LogP) is 2.28. The molecule has 30 heavy (non-hydrogen) atoms. The minimum absolute atomic E-state index is 0.152. The second-order valence-electron chi connectivity index (χ2n) is 8.53. The van der Waals surface area contributed by atoms with Crippen molar-refractivity contribution in [2.45, 2.75) is 6.42 Å². The van der Waals surface area contributed by atoms with E-state index in [2.05, 4.69) is 64.9 Å². The van der Waals surface area contributed by atoms with E-state index in [1.165, 1.54) is 33.4 Å². The average molecular weight is 402 g/mol. The highest BCUT2D eigenvalue weighted by Crippen LogP contribution is 2.38. The van der Waals surface area contributed by atoms with Gasteiger partial charge in [-0.15, -0.1) is 0 Å². The number of hydrogen-bond acceptors (Lipinski definition) is 5. The van der Waals surface area contributed by atoms with E-state index in [1.54, 1.807) is 4.90 Å². The molecule has 0 aromatic heterocycles. The van der Waals surface area contributed by atoms with Gasteiger partial charge in [0.15, 0.2) is 0 Å². The SMILES string of the molecule is CN1C=C2C(=C(C3=CCN(CC(=O)N(C)C)CC3)C1)NN=C1C=Cc3cccc2c31. The molecule has 1 aromatic rings. The van der Waals surface area contributed by atoms with Crippen LogP contribution in [0, 0.1) is 0 Å². The first-order valence-electron chi connectivity index (χ1n) is 10.4. The maximum absolute atomic E-state index is 12.1. The number of hydrazone groups is 1. The monoisotopic (exact) mass is 401 g/mol. The summed E-state index contributed by atoms with van der Waals surface area (Å²) in [7, 11) is 5.75. The first kappa shape index (κ1) is 18.9. The molecular formula is C24H27N5O. The minimum atomic E-state index is 0.152. The molecule has 1 amide bonds. The number of carbonyl (C=O) groups is 1. The van der Waals surface area contributed by atoms with Gasteiger partial charge in [0.25, 0.3) is 0 Å². The van der Waals surface area contributed by atoms with E-state index in [0.717, 1.165) is 37.5 Å². The lowest BCUT2D eigenvalue weighted by Crippen LogP contribution is -2.39. The predicted molar refractivity (Wildman–Crippen MR) is 121 cm³/mol. The van der Waals surface area contributed by atoms with Crippen LogP contribution in [0.3, 0.4) is 0 Å². The standard InChI is InChI=1S/C24H27N5O/c1-27(2)22(30)15-29-11-9-16(10-12-29)19-13-28(3)14-20-18-6-4-5-17-7-8-21(23(17)18)25-26-24(19)20/h4-9,14,26H,10-13,15H2,1-3H3. The molecule has 0 bridgehead atoms. The molecule has 0 unspecified atom stereocenters. The van der Waals surface area contributed by atoms with E-state index < -0.39 is 0 Å². The molecule has 4 aliphatic rings. The second kappa shape index (κ2) is 7.29. The summed E-state index contributed by atoms with van der Waals surface area (Å²) in [6.45, 7) is 3.02. The van der Waals surface area contributed by atoms with Gasteiger partial charge in [-0.3, -0.25) is 15.1 Å². The molecule has 0 spiro atoms. The molecule has 3 aliphatic heterocycles. The van der Waals surface area contributed by atoms with Crippen LogP contribution in [0.1, 0.15) is 23.1 Å². The van der Waals surface area contributed by atoms with Gasteiger partial charge in [-0.05, 0) is 29.2 Å². The Labute approximate surface area is 177 Å². The number of allylic oxidation sites excluding steroid dienone is 2. The number of rotatable bonds is 3. The number of nitrogens with zero attached hydrogens (tertiary/aromatic N) is 4. The van der Waals surface area contributed by atoms with Gasteiger partial charge in [-0.25, -0.2) is 0 Å². The maximum Gasteiger partial charge on any atom is 0.236 e. The summed E-state index contributed by atoms with van der Waals surface area (Å²) in [5.74, 6) is 0.152. The van der Waals surface area contributed by atoms with Gasteiger partial charge in [0, 0.05) is 63.7 Å². The fourth-order valence-corrected chi connectivity index (χ4v) is 4.56. The van der Waals surface area contributed by atoms with Crippen LogP contribution in [0.15, 0.2) is 58.5 Å². The van der Waals surface area contributed by atoms with Gasteiger partial charge in [0.1, 0.15) is 0 Å². The fourth-order valence-electron chi connectivity index (χ4n) is 4.56. The number of fused-ring (bicyclic) bond motifs is 2. The van der Waals surface area contributed by atoms with Crippen LogP contribution in [-0.2, 0) is 4.79 Å². The third kappa shape index (κ3) is 3.17. The number of amides is 1. The van der Waals surface area contributed by atoms with Crippen molar-refractivity contribution in [3.63, 3.8) is 0 Å². The molecule has 0 saturated heterocycles. The lowest BCUT2D eigenvalue weighted by Gasteiger charge is -2.32. The first-order valence-corrected chi connectivity index (χ1v) is 10.4. The van der Waals surface area contributed by atoms with Gasteiger partial charge in [-0.2, -0.15) is 5.10 Å². The van der Waals surface area contributed by atoms with Crippen molar-refractivity contribution >= 4 is 23.3 Å². The van der Waals surface area contributed by atoms with E-state index in [0.29, 0.717) is 6.54 Å². The van der Waals surface area contributed by atoms with Crippen molar-refractivity contribution in [2.75, 3.05) is 47.3 Å². The van der Waals surface area contributed by atoms with Crippen LogP contribution in [0.25, 0.3) is 11.6 Å². The van der Waals surface area contributed by atoms with E-state index in [9.17, 15) is 4.79 Å². The minimum Gasteiger partial charge on any atom is -0.375 e. The van der Waals surface area contributed by atoms with E-state index >= 15 is 0 Å². The number of hydrogen-bond donors (Lipinski definition) is 1. The second-order valence-corrected chi connectivity index (χ2v) is 8.53. The Morgan fingerprint density at radius 1 is 1.27 bits per heavy atom. The summed E-state index contributed by atoms with van der Waals surface area (Å²) in [4.78, 5) is 18.2. The van der Waals surface area contributed by atoms with E-state index in [1.807, 2.05) is 14.1 Å². The highest BCUT2D eigenvalue weighted by molar-refractivity contribution is 6.20. The molecule has 3 heterocycles. The van der Waals surface area contributed by atoms with Crippen LogP contribution in [0.5, 0.6) is 0 Å². The first-order chi connectivity index (χ1) is 14.5. The Hall–Kier alpha value is -3.12. The summed E-state index contributed by atoms with van der Waals surface area (Å²) >= 11 is 0. The molecule has 154 valence electrons. The largest absolute Gasteiger partial charge is 0.375 e. The average Bonchev–Trinajstić information content (AvgIpc) is 3.08. The van der Waals surface area contributed by atoms with Crippen LogP contribution in [0.4, 0.5) is 0 Å². The van der Waals surface area contributed by atoms with Gasteiger partial charge in [0.05, 0.1) is 18.0 Å². The summed E-state index contributed by atoms with van der Waals surface area (Å²) < 4.78 is 0. The van der Waals surface area contributed by atoms with Crippen molar-refractivity contribution in [2.24, 2.45) is 5.10 Å². The maximum atomic E-state index is 12.1. The third-order valence-corrected chi connectivity index (χ3v) is 6.22. The topological polar surface area (TPSA) is 51.2 Å². The normalized spacial score (nSPS) is 20.0. The lowest BCUT2D eigenvalue weighted by molar-refractivity contribution is -0.129. The lowest BCUT2D eigenvalue weighted by atomic mass is 9.88. The molecule has 0 fully saturated rings. The highest BCUT2D eigenvalue weighted by atomic mass is 16.2. The van der Waals surface area contributed by atoms with Crippen LogP contribution in [-0.4, -0.2) is 73.6 Å². The Bertz CT molecular complexity index is 1070. The summed E-state index contributed by atoms with van der Waals surface area (Å²) in [6.07, 6.45) is 9.67. The zero-order valence-electron chi connectivity index (χ0n) is 17.8. The van der Waals surface area contributed by atoms with E-state index in [4.69, 9.17) is 5.10 Å². The number of carbonyl (C=O) groups excluding carboxylic acids is 1. The Morgan fingerprint density at radius 2 is 2.13 bits per heavy atom. The van der Waals surface area contributed by atoms with Crippen LogP contribution >= 0.6 is 0 Å². The highest BCUT2D eigenvalue weighted by Gasteiger charge is 2.30. The number of nitrogens with one attached hydrogen (secondary N) is 1. The van der Waals surface area contributed by atoms with Crippen molar-refractivity contribution in [1.29, 1.82) is 0 Å². The Kier molecular flexibility index (Phi) is 4.59. The summed E-state index contributed by atoms with van der Waals surface area (Å²) in [5.41, 5.74) is 13.0. The molecule has 5 rings (SSSR count). The van der Waals surface area contributed by atoms with E-state index in [-0.39, 0.29) is 5.91 Å². The summed E-state index contributed by atoms with van der Waals surface area (Å²) in [6, 6.07) is 6.47. The van der Waals surface area contributed by atoms with Gasteiger partial charge in [0.2, 0.25) is 5.91 Å². The third-order valence-electron chi connectivity index (χ3n) is 6.22. The molecule has 1 aliphatic carbocycles. The van der Waals surface area contributed by atoms with Crippen molar-refractivity contribution in [1.82, 2.24) is 20.1 Å². The Morgan fingerprint density at radius 3 is 2.90 bits per heavy atom.